The summed E-state index contributed by atoms with van der Waals surface area (Å²) in [6.45, 7) is 10.8. The first-order chi connectivity index (χ1) is 11.2. The molecular weight excluding hydrogens is 415 g/mol. The average Bonchev–Trinajstić information content (AvgIpc) is 3.10. The number of guanidine groups is 1. The molecule has 2 fully saturated rings. The average molecular weight is 452 g/mol. The molecule has 0 atom stereocenters. The Hall–Kier alpha value is -0.0800. The lowest BCUT2D eigenvalue weighted by Gasteiger charge is -2.45. The summed E-state index contributed by atoms with van der Waals surface area (Å²) in [5.41, 5.74) is 0.254. The zero-order valence-corrected chi connectivity index (χ0v) is 18.1. The fourth-order valence-electron chi connectivity index (χ4n) is 3.73. The van der Waals surface area contributed by atoms with Crippen molar-refractivity contribution in [2.24, 2.45) is 10.9 Å². The molecule has 2 aliphatic rings. The van der Waals surface area contributed by atoms with Crippen LogP contribution in [0.15, 0.2) is 4.99 Å². The molecular formula is C18H37IN4O. The van der Waals surface area contributed by atoms with Crippen LogP contribution in [0.25, 0.3) is 0 Å². The van der Waals surface area contributed by atoms with E-state index in [9.17, 15) is 0 Å². The maximum absolute atomic E-state index is 5.62. The van der Waals surface area contributed by atoms with E-state index in [1.54, 1.807) is 0 Å². The molecule has 6 heteroatoms. The van der Waals surface area contributed by atoms with Crippen LogP contribution in [-0.2, 0) is 4.74 Å². The van der Waals surface area contributed by atoms with Crippen molar-refractivity contribution < 1.29 is 4.74 Å². The minimum Gasteiger partial charge on any atom is -0.381 e. The van der Waals surface area contributed by atoms with Gasteiger partial charge in [0.15, 0.2) is 5.96 Å². The molecule has 2 aliphatic heterocycles. The fraction of sp³-hybridized carbons (Fsp3) is 0.944. The monoisotopic (exact) mass is 452 g/mol. The number of likely N-dealkylation sites (tertiary alicyclic amines) is 1. The lowest BCUT2D eigenvalue weighted by atomic mass is 9.88. The summed E-state index contributed by atoms with van der Waals surface area (Å²) in [6, 6.07) is 0. The molecule has 0 aromatic heterocycles. The molecule has 0 aromatic rings. The van der Waals surface area contributed by atoms with Gasteiger partial charge in [-0.2, -0.15) is 0 Å². The summed E-state index contributed by atoms with van der Waals surface area (Å²) in [5, 5.41) is 7.05. The van der Waals surface area contributed by atoms with Crippen LogP contribution in [-0.4, -0.2) is 62.8 Å². The second-order valence-electron chi connectivity index (χ2n) is 7.42. The summed E-state index contributed by atoms with van der Waals surface area (Å²) in [7, 11) is 1.87. The van der Waals surface area contributed by atoms with Gasteiger partial charge in [0.1, 0.15) is 0 Å². The molecule has 0 aliphatic carbocycles. The van der Waals surface area contributed by atoms with E-state index in [-0.39, 0.29) is 29.5 Å². The van der Waals surface area contributed by atoms with Gasteiger partial charge in [-0.05, 0) is 57.5 Å². The number of aliphatic imine (C=N–C) groups is 1. The van der Waals surface area contributed by atoms with E-state index in [2.05, 4.69) is 34.4 Å². The number of nitrogens with one attached hydrogen (secondary N) is 2. The zero-order valence-electron chi connectivity index (χ0n) is 15.8. The van der Waals surface area contributed by atoms with Crippen LogP contribution in [0.2, 0.25) is 0 Å². The van der Waals surface area contributed by atoms with Gasteiger partial charge in [-0.1, -0.05) is 13.8 Å². The maximum Gasteiger partial charge on any atom is 0.191 e. The predicted molar refractivity (Wildman–Crippen MR) is 112 cm³/mol. The SMILES string of the molecule is CN=C(NCCCC(C)C)NCC1(N2CCCC2)CCOCC1.I. The highest BCUT2D eigenvalue weighted by Crippen LogP contribution is 2.30. The number of nitrogens with zero attached hydrogens (tertiary/aromatic N) is 2. The van der Waals surface area contributed by atoms with Crippen LogP contribution in [0.4, 0.5) is 0 Å². The Morgan fingerprint density at radius 1 is 1.17 bits per heavy atom. The summed E-state index contributed by atoms with van der Waals surface area (Å²) in [5.74, 6) is 1.71. The van der Waals surface area contributed by atoms with Gasteiger partial charge in [-0.25, -0.2) is 0 Å². The van der Waals surface area contributed by atoms with Crippen molar-refractivity contribution in [1.29, 1.82) is 0 Å². The van der Waals surface area contributed by atoms with Crippen LogP contribution in [0.3, 0.4) is 0 Å². The minimum atomic E-state index is 0. The molecule has 2 rings (SSSR count). The first-order valence-electron chi connectivity index (χ1n) is 9.43. The summed E-state index contributed by atoms with van der Waals surface area (Å²) < 4.78 is 5.62. The van der Waals surface area contributed by atoms with Crippen molar-refractivity contribution in [2.45, 2.75) is 57.9 Å². The Balaban J connectivity index is 0.00000288. The normalized spacial score (nSPS) is 21.6. The van der Waals surface area contributed by atoms with E-state index in [1.165, 1.54) is 38.8 Å². The molecule has 2 N–H and O–H groups in total. The van der Waals surface area contributed by atoms with Crippen LogP contribution in [0, 0.1) is 5.92 Å². The molecule has 0 unspecified atom stereocenters. The second-order valence-corrected chi connectivity index (χ2v) is 7.42. The number of rotatable bonds is 7. The first kappa shape index (κ1) is 22.0. The van der Waals surface area contributed by atoms with E-state index in [0.29, 0.717) is 0 Å². The van der Waals surface area contributed by atoms with Crippen LogP contribution < -0.4 is 10.6 Å². The second kappa shape index (κ2) is 11.5. The lowest BCUT2D eigenvalue weighted by molar-refractivity contribution is -0.0164. The van der Waals surface area contributed by atoms with E-state index in [0.717, 1.165) is 51.0 Å². The smallest absolute Gasteiger partial charge is 0.191 e. The minimum absolute atomic E-state index is 0. The predicted octanol–water partition coefficient (Wildman–Crippen LogP) is 2.85. The van der Waals surface area contributed by atoms with E-state index >= 15 is 0 Å². The van der Waals surface area contributed by atoms with Gasteiger partial charge < -0.3 is 15.4 Å². The molecule has 0 aromatic carbocycles. The van der Waals surface area contributed by atoms with Gasteiger partial charge in [0.05, 0.1) is 0 Å². The molecule has 0 saturated carbocycles. The molecule has 0 amide bonds. The Labute approximate surface area is 165 Å². The highest BCUT2D eigenvalue weighted by Gasteiger charge is 2.39. The highest BCUT2D eigenvalue weighted by molar-refractivity contribution is 14.0. The zero-order chi connectivity index (χ0) is 16.5. The van der Waals surface area contributed by atoms with Crippen molar-refractivity contribution in [3.8, 4) is 0 Å². The van der Waals surface area contributed by atoms with Crippen molar-refractivity contribution >= 4 is 29.9 Å². The van der Waals surface area contributed by atoms with Crippen LogP contribution in [0.1, 0.15) is 52.4 Å². The third-order valence-corrected chi connectivity index (χ3v) is 5.26. The summed E-state index contributed by atoms with van der Waals surface area (Å²) in [4.78, 5) is 7.08. The van der Waals surface area contributed by atoms with Crippen molar-refractivity contribution in [1.82, 2.24) is 15.5 Å². The summed E-state index contributed by atoms with van der Waals surface area (Å²) >= 11 is 0. The molecule has 0 radical (unpaired) electrons. The standard InChI is InChI=1S/C18H36N4O.HI/c1-16(2)7-6-10-20-17(19-3)21-15-18(8-13-23-14-9-18)22-11-4-5-12-22;/h16H,4-15H2,1-3H3,(H2,19,20,21);1H. The Bertz CT molecular complexity index is 364. The van der Waals surface area contributed by atoms with E-state index < -0.39 is 0 Å². The molecule has 2 saturated heterocycles. The topological polar surface area (TPSA) is 48.9 Å². The molecule has 0 spiro atoms. The van der Waals surface area contributed by atoms with Crippen molar-refractivity contribution in [3.05, 3.63) is 0 Å². The van der Waals surface area contributed by atoms with Crippen molar-refractivity contribution in [3.63, 3.8) is 0 Å². The van der Waals surface area contributed by atoms with Gasteiger partial charge in [0, 0.05) is 38.9 Å². The van der Waals surface area contributed by atoms with E-state index in [4.69, 9.17) is 4.74 Å². The molecule has 142 valence electrons. The number of hydrogen-bond donors (Lipinski definition) is 2. The molecule has 2 heterocycles. The molecule has 5 nitrogen and oxygen atoms in total. The highest BCUT2D eigenvalue weighted by atomic mass is 127. The quantitative estimate of drug-likeness (QED) is 0.270. The van der Waals surface area contributed by atoms with Crippen LogP contribution >= 0.6 is 24.0 Å². The Morgan fingerprint density at radius 2 is 1.83 bits per heavy atom. The number of ether oxygens (including phenoxy) is 1. The van der Waals surface area contributed by atoms with Gasteiger partial charge in [0.25, 0.3) is 0 Å². The number of hydrogen-bond acceptors (Lipinski definition) is 3. The maximum atomic E-state index is 5.62. The van der Waals surface area contributed by atoms with Crippen LogP contribution in [0.5, 0.6) is 0 Å². The Kier molecular flexibility index (Phi) is 10.5. The lowest BCUT2D eigenvalue weighted by Crippen LogP contribution is -2.58. The number of halogens is 1. The van der Waals surface area contributed by atoms with Gasteiger partial charge in [-0.3, -0.25) is 9.89 Å². The van der Waals surface area contributed by atoms with Gasteiger partial charge in [-0.15, -0.1) is 24.0 Å². The fourth-order valence-corrected chi connectivity index (χ4v) is 3.73. The third-order valence-electron chi connectivity index (χ3n) is 5.26. The van der Waals surface area contributed by atoms with E-state index in [1.807, 2.05) is 7.05 Å². The largest absolute Gasteiger partial charge is 0.381 e. The Morgan fingerprint density at radius 3 is 2.42 bits per heavy atom. The summed E-state index contributed by atoms with van der Waals surface area (Å²) in [6.07, 6.45) is 7.40. The van der Waals surface area contributed by atoms with Crippen molar-refractivity contribution in [2.75, 3.05) is 46.4 Å². The first-order valence-corrected chi connectivity index (χ1v) is 9.43. The van der Waals surface area contributed by atoms with Gasteiger partial charge in [0.2, 0.25) is 0 Å². The molecule has 0 bridgehead atoms. The third kappa shape index (κ3) is 6.67. The molecule has 24 heavy (non-hydrogen) atoms. The van der Waals surface area contributed by atoms with Gasteiger partial charge >= 0.3 is 0 Å².